The number of aromatic nitrogens is 2. The van der Waals surface area contributed by atoms with E-state index in [2.05, 4.69) is 47.4 Å². The van der Waals surface area contributed by atoms with Gasteiger partial charge in [0.1, 0.15) is 5.82 Å². The van der Waals surface area contributed by atoms with Gasteiger partial charge in [0.15, 0.2) is 0 Å². The van der Waals surface area contributed by atoms with Crippen LogP contribution < -0.4 is 10.6 Å². The molecule has 0 radical (unpaired) electrons. The second kappa shape index (κ2) is 7.05. The molecule has 2 amide bonds. The van der Waals surface area contributed by atoms with E-state index in [0.29, 0.717) is 6.54 Å². The minimum atomic E-state index is -0.182. The number of urea groups is 1. The van der Waals surface area contributed by atoms with E-state index in [-0.39, 0.29) is 18.0 Å². The van der Waals surface area contributed by atoms with E-state index in [1.54, 1.807) is 11.3 Å². The molecule has 0 bridgehead atoms. The van der Waals surface area contributed by atoms with Crippen LogP contribution in [-0.4, -0.2) is 16.0 Å². The Labute approximate surface area is 145 Å². The molecule has 0 aliphatic heterocycles. The maximum atomic E-state index is 12.2. The Morgan fingerprint density at radius 2 is 2.17 bits per heavy atom. The second-order valence-electron chi connectivity index (χ2n) is 6.27. The number of aryl methyl sites for hydroxylation is 1. The van der Waals surface area contributed by atoms with Gasteiger partial charge in [-0.25, -0.2) is 9.78 Å². The Bertz CT molecular complexity index is 823. The molecule has 0 saturated heterocycles. The summed E-state index contributed by atoms with van der Waals surface area (Å²) in [6.07, 6.45) is 0. The van der Waals surface area contributed by atoms with Gasteiger partial charge in [-0.15, -0.1) is 11.3 Å². The Kier molecular flexibility index (Phi) is 4.85. The van der Waals surface area contributed by atoms with Crippen molar-refractivity contribution in [3.8, 4) is 0 Å². The van der Waals surface area contributed by atoms with Crippen molar-refractivity contribution in [2.24, 2.45) is 5.92 Å². The molecule has 3 rings (SSSR count). The zero-order valence-corrected chi connectivity index (χ0v) is 14.9. The molecule has 24 heavy (non-hydrogen) atoms. The molecule has 1 unspecified atom stereocenters. The van der Waals surface area contributed by atoms with Crippen LogP contribution in [0.5, 0.6) is 0 Å². The zero-order valence-electron chi connectivity index (χ0n) is 14.1. The van der Waals surface area contributed by atoms with Crippen molar-refractivity contribution >= 4 is 28.4 Å². The standard InChI is InChI=1S/C18H22N4OS/c1-11(2)16(22-18(23)19-10-13-5-4-8-24-13)17-20-14-7-6-12(3)9-15(14)21-17/h4-9,11,16H,10H2,1-3H3,(H,20,21)(H2,19,22,23). The summed E-state index contributed by atoms with van der Waals surface area (Å²) in [6, 6.07) is 9.75. The predicted molar refractivity (Wildman–Crippen MR) is 98.1 cm³/mol. The van der Waals surface area contributed by atoms with Gasteiger partial charge < -0.3 is 15.6 Å². The maximum Gasteiger partial charge on any atom is 0.315 e. The van der Waals surface area contributed by atoms with Crippen LogP contribution >= 0.6 is 11.3 Å². The van der Waals surface area contributed by atoms with Crippen LogP contribution in [0.4, 0.5) is 4.79 Å². The summed E-state index contributed by atoms with van der Waals surface area (Å²) in [5, 5.41) is 7.94. The Morgan fingerprint density at radius 1 is 1.33 bits per heavy atom. The third kappa shape index (κ3) is 3.76. The highest BCUT2D eigenvalue weighted by Gasteiger charge is 2.21. The third-order valence-corrected chi connectivity index (χ3v) is 4.78. The van der Waals surface area contributed by atoms with E-state index in [9.17, 15) is 4.79 Å². The smallest absolute Gasteiger partial charge is 0.315 e. The number of benzene rings is 1. The second-order valence-corrected chi connectivity index (χ2v) is 7.30. The number of imidazole rings is 1. The topological polar surface area (TPSA) is 69.8 Å². The predicted octanol–water partition coefficient (Wildman–Crippen LogP) is 4.13. The molecular weight excluding hydrogens is 320 g/mol. The van der Waals surface area contributed by atoms with Gasteiger partial charge >= 0.3 is 6.03 Å². The first-order valence-corrected chi connectivity index (χ1v) is 8.94. The van der Waals surface area contributed by atoms with Crippen LogP contribution in [0.25, 0.3) is 11.0 Å². The van der Waals surface area contributed by atoms with Crippen molar-refractivity contribution in [1.29, 1.82) is 0 Å². The van der Waals surface area contributed by atoms with Crippen LogP contribution in [0.15, 0.2) is 35.7 Å². The first-order chi connectivity index (χ1) is 11.5. The number of nitrogens with zero attached hydrogens (tertiary/aromatic N) is 1. The van der Waals surface area contributed by atoms with Gasteiger partial charge in [0.2, 0.25) is 0 Å². The van der Waals surface area contributed by atoms with Crippen molar-refractivity contribution in [3.05, 3.63) is 52.0 Å². The summed E-state index contributed by atoms with van der Waals surface area (Å²) >= 11 is 1.63. The number of fused-ring (bicyclic) bond motifs is 1. The van der Waals surface area contributed by atoms with E-state index in [0.717, 1.165) is 21.7 Å². The van der Waals surface area contributed by atoms with E-state index < -0.39 is 0 Å². The van der Waals surface area contributed by atoms with Gasteiger partial charge in [0, 0.05) is 4.88 Å². The number of hydrogen-bond acceptors (Lipinski definition) is 3. The maximum absolute atomic E-state index is 12.2. The zero-order chi connectivity index (χ0) is 17.1. The highest BCUT2D eigenvalue weighted by atomic mass is 32.1. The van der Waals surface area contributed by atoms with Gasteiger partial charge in [-0.3, -0.25) is 0 Å². The molecule has 0 aliphatic rings. The summed E-state index contributed by atoms with van der Waals surface area (Å²) in [4.78, 5) is 21.4. The number of rotatable bonds is 5. The molecule has 0 saturated carbocycles. The molecule has 5 nitrogen and oxygen atoms in total. The van der Waals surface area contributed by atoms with Gasteiger partial charge in [0.05, 0.1) is 23.6 Å². The Balaban J connectivity index is 1.72. The molecule has 2 aromatic heterocycles. The number of hydrogen-bond donors (Lipinski definition) is 3. The van der Waals surface area contributed by atoms with Gasteiger partial charge in [-0.1, -0.05) is 26.0 Å². The minimum absolute atomic E-state index is 0.166. The van der Waals surface area contributed by atoms with Crippen LogP contribution in [0.1, 0.15) is 36.2 Å². The highest BCUT2D eigenvalue weighted by Crippen LogP contribution is 2.22. The lowest BCUT2D eigenvalue weighted by Gasteiger charge is -2.20. The molecule has 0 spiro atoms. The lowest BCUT2D eigenvalue weighted by atomic mass is 10.0. The summed E-state index contributed by atoms with van der Waals surface area (Å²) in [5.41, 5.74) is 3.10. The first-order valence-electron chi connectivity index (χ1n) is 8.06. The quantitative estimate of drug-likeness (QED) is 0.652. The fourth-order valence-corrected chi connectivity index (χ4v) is 3.26. The fourth-order valence-electron chi connectivity index (χ4n) is 2.61. The van der Waals surface area contributed by atoms with Gasteiger partial charge in [0.25, 0.3) is 0 Å². The number of carbonyl (C=O) groups excluding carboxylic acids is 1. The molecular formula is C18H22N4OS. The van der Waals surface area contributed by atoms with Crippen molar-refractivity contribution < 1.29 is 4.79 Å². The lowest BCUT2D eigenvalue weighted by molar-refractivity contribution is 0.232. The molecule has 0 aliphatic carbocycles. The van der Waals surface area contributed by atoms with Crippen molar-refractivity contribution in [1.82, 2.24) is 20.6 Å². The van der Waals surface area contributed by atoms with Crippen molar-refractivity contribution in [2.45, 2.75) is 33.4 Å². The highest BCUT2D eigenvalue weighted by molar-refractivity contribution is 7.09. The number of thiophene rings is 1. The molecule has 2 heterocycles. The monoisotopic (exact) mass is 342 g/mol. The molecule has 6 heteroatoms. The Hall–Kier alpha value is -2.34. The van der Waals surface area contributed by atoms with E-state index in [1.165, 1.54) is 5.56 Å². The molecule has 1 aromatic carbocycles. The van der Waals surface area contributed by atoms with Crippen LogP contribution in [0.3, 0.4) is 0 Å². The molecule has 3 N–H and O–H groups in total. The number of aromatic amines is 1. The van der Waals surface area contributed by atoms with Crippen LogP contribution in [-0.2, 0) is 6.54 Å². The van der Waals surface area contributed by atoms with E-state index >= 15 is 0 Å². The number of H-pyrrole nitrogens is 1. The lowest BCUT2D eigenvalue weighted by Crippen LogP contribution is -2.39. The van der Waals surface area contributed by atoms with Crippen molar-refractivity contribution in [3.63, 3.8) is 0 Å². The average Bonchev–Trinajstić information content (AvgIpc) is 3.18. The summed E-state index contributed by atoms with van der Waals surface area (Å²) in [5.74, 6) is 1.01. The number of nitrogens with one attached hydrogen (secondary N) is 3. The summed E-state index contributed by atoms with van der Waals surface area (Å²) in [7, 11) is 0. The molecule has 1 atom stereocenters. The van der Waals surface area contributed by atoms with E-state index in [1.807, 2.05) is 29.6 Å². The van der Waals surface area contributed by atoms with Gasteiger partial charge in [-0.2, -0.15) is 0 Å². The van der Waals surface area contributed by atoms with Crippen LogP contribution in [0.2, 0.25) is 0 Å². The molecule has 0 fully saturated rings. The Morgan fingerprint density at radius 3 is 2.88 bits per heavy atom. The minimum Gasteiger partial charge on any atom is -0.340 e. The summed E-state index contributed by atoms with van der Waals surface area (Å²) in [6.45, 7) is 6.73. The largest absolute Gasteiger partial charge is 0.340 e. The number of amides is 2. The van der Waals surface area contributed by atoms with Gasteiger partial charge in [-0.05, 0) is 42.0 Å². The molecule has 3 aromatic rings. The van der Waals surface area contributed by atoms with Crippen molar-refractivity contribution in [2.75, 3.05) is 0 Å². The average molecular weight is 342 g/mol. The third-order valence-electron chi connectivity index (χ3n) is 3.91. The number of carbonyl (C=O) groups is 1. The first kappa shape index (κ1) is 16.5. The SMILES string of the molecule is Cc1ccc2nc(C(NC(=O)NCc3cccs3)C(C)C)[nH]c2c1. The summed E-state index contributed by atoms with van der Waals surface area (Å²) < 4.78 is 0. The fraction of sp³-hybridized carbons (Fsp3) is 0.333. The van der Waals surface area contributed by atoms with Crippen LogP contribution in [0, 0.1) is 12.8 Å². The molecule has 126 valence electrons. The normalized spacial score (nSPS) is 12.5. The van der Waals surface area contributed by atoms with E-state index in [4.69, 9.17) is 0 Å².